The Morgan fingerprint density at radius 1 is 1.14 bits per heavy atom. The number of benzene rings is 1. The number of aliphatic hydroxyl groups is 2. The molecule has 1 aromatic carbocycles. The van der Waals surface area contributed by atoms with E-state index in [1.54, 1.807) is 19.1 Å². The molecular weight excluding hydrogens is 470 g/mol. The van der Waals surface area contributed by atoms with E-state index in [2.05, 4.69) is 5.32 Å². The van der Waals surface area contributed by atoms with E-state index >= 15 is 0 Å². The third kappa shape index (κ3) is 4.59. The van der Waals surface area contributed by atoms with Crippen LogP contribution in [0.15, 0.2) is 65.8 Å². The summed E-state index contributed by atoms with van der Waals surface area (Å²) in [5.41, 5.74) is -0.500. The molecule has 0 radical (unpaired) electrons. The maximum absolute atomic E-state index is 14.2. The van der Waals surface area contributed by atoms with Crippen molar-refractivity contribution >= 4 is 17.7 Å². The van der Waals surface area contributed by atoms with E-state index in [-0.39, 0.29) is 17.7 Å². The van der Waals surface area contributed by atoms with Gasteiger partial charge in [-0.25, -0.2) is 0 Å². The Morgan fingerprint density at radius 3 is 2.46 bits per heavy atom. The van der Waals surface area contributed by atoms with E-state index in [0.717, 1.165) is 16.7 Å². The molecule has 4 rings (SSSR count). The van der Waals surface area contributed by atoms with Gasteiger partial charge in [0.05, 0.1) is 6.10 Å². The second kappa shape index (κ2) is 10.0. The van der Waals surface area contributed by atoms with Gasteiger partial charge in [-0.3, -0.25) is 14.4 Å². The second-order valence-electron chi connectivity index (χ2n) is 11.0. The summed E-state index contributed by atoms with van der Waals surface area (Å²) in [5, 5.41) is 25.7. The highest BCUT2D eigenvalue weighted by Gasteiger charge is 2.67. The monoisotopic (exact) mass is 507 g/mol. The van der Waals surface area contributed by atoms with Gasteiger partial charge in [-0.15, -0.1) is 0 Å². The lowest BCUT2D eigenvalue weighted by Gasteiger charge is -2.49. The molecule has 0 saturated carbocycles. The summed E-state index contributed by atoms with van der Waals surface area (Å²) in [6.07, 6.45) is 5.17. The molecule has 1 spiro atoms. The minimum absolute atomic E-state index is 0.314. The molecule has 1 aliphatic heterocycles. The van der Waals surface area contributed by atoms with E-state index in [4.69, 9.17) is 4.74 Å². The Balaban J connectivity index is 1.96. The number of hydrogen-bond donors (Lipinski definition) is 3. The standard InChI is InChI=1S/C30H37NO6/c1-17-10-9-13-22-26(33)19(3)18(2)25-23(16-21-11-7-6-8-12-21)31-28(35)30(22,25)24(37-20(4)32)14-15-29(5,36)27(17)34/h6-9,11-15,17,22-26,33,36H,10,16H2,1-5H3,(H,31,35)/t17-,22+,23+,24+,25+,26-,29+,30-/m0/s1. The molecule has 3 N–H and O–H groups in total. The van der Waals surface area contributed by atoms with Crippen LogP contribution in [-0.4, -0.2) is 51.7 Å². The van der Waals surface area contributed by atoms with Crippen molar-refractivity contribution in [1.29, 1.82) is 0 Å². The molecule has 1 amide bonds. The number of aliphatic hydroxyl groups excluding tert-OH is 1. The first-order chi connectivity index (χ1) is 17.4. The predicted octanol–water partition coefficient (Wildman–Crippen LogP) is 3.06. The molecule has 1 heterocycles. The Kier molecular flexibility index (Phi) is 7.32. The van der Waals surface area contributed by atoms with Crippen LogP contribution in [0.1, 0.15) is 46.6 Å². The number of ether oxygens (including phenoxy) is 1. The molecule has 8 atom stereocenters. The Morgan fingerprint density at radius 2 is 1.81 bits per heavy atom. The van der Waals surface area contributed by atoms with Crippen LogP contribution in [0.3, 0.4) is 0 Å². The van der Waals surface area contributed by atoms with Crippen molar-refractivity contribution in [3.63, 3.8) is 0 Å². The van der Waals surface area contributed by atoms with Crippen LogP contribution in [0.2, 0.25) is 0 Å². The molecule has 0 bridgehead atoms. The molecule has 0 aromatic heterocycles. The van der Waals surface area contributed by atoms with Crippen molar-refractivity contribution < 1.29 is 29.3 Å². The van der Waals surface area contributed by atoms with Crippen molar-refractivity contribution in [2.24, 2.45) is 23.2 Å². The predicted molar refractivity (Wildman–Crippen MR) is 139 cm³/mol. The van der Waals surface area contributed by atoms with Crippen LogP contribution in [-0.2, 0) is 25.5 Å². The van der Waals surface area contributed by atoms with Crippen LogP contribution >= 0.6 is 0 Å². The molecule has 2 aliphatic carbocycles. The highest BCUT2D eigenvalue weighted by atomic mass is 16.5. The maximum atomic E-state index is 14.2. The first kappa shape index (κ1) is 27.0. The highest BCUT2D eigenvalue weighted by Crippen LogP contribution is 2.57. The van der Waals surface area contributed by atoms with E-state index in [1.807, 2.05) is 44.2 Å². The van der Waals surface area contributed by atoms with Crippen LogP contribution in [0, 0.1) is 23.2 Å². The summed E-state index contributed by atoms with van der Waals surface area (Å²) in [5.74, 6) is -2.92. The molecule has 1 fully saturated rings. The number of Topliss-reactive ketones (excluding diaryl/α,β-unsaturated/α-hetero) is 1. The second-order valence-corrected chi connectivity index (χ2v) is 11.0. The van der Waals surface area contributed by atoms with Gasteiger partial charge in [0.2, 0.25) is 5.91 Å². The van der Waals surface area contributed by atoms with Gasteiger partial charge in [0.15, 0.2) is 5.78 Å². The Labute approximate surface area is 218 Å². The third-order valence-electron chi connectivity index (χ3n) is 8.49. The average Bonchev–Trinajstić information content (AvgIpc) is 3.13. The minimum atomic E-state index is -1.82. The topological polar surface area (TPSA) is 113 Å². The van der Waals surface area contributed by atoms with E-state index < -0.39 is 46.9 Å². The van der Waals surface area contributed by atoms with Crippen molar-refractivity contribution in [3.05, 3.63) is 71.3 Å². The lowest BCUT2D eigenvalue weighted by molar-refractivity contribution is -0.161. The highest BCUT2D eigenvalue weighted by molar-refractivity contribution is 5.91. The van der Waals surface area contributed by atoms with Crippen molar-refractivity contribution in [1.82, 2.24) is 5.32 Å². The molecule has 7 nitrogen and oxygen atoms in total. The van der Waals surface area contributed by atoms with E-state index in [1.165, 1.54) is 26.0 Å². The summed E-state index contributed by atoms with van der Waals surface area (Å²) in [6.45, 7) is 8.20. The van der Waals surface area contributed by atoms with Crippen LogP contribution in [0.25, 0.3) is 0 Å². The van der Waals surface area contributed by atoms with Gasteiger partial charge >= 0.3 is 5.97 Å². The molecular formula is C30H37NO6. The summed E-state index contributed by atoms with van der Waals surface area (Å²) in [4.78, 5) is 39.5. The lowest BCUT2D eigenvalue weighted by Crippen LogP contribution is -2.58. The van der Waals surface area contributed by atoms with Crippen LogP contribution < -0.4 is 5.32 Å². The van der Waals surface area contributed by atoms with Gasteiger partial charge in [-0.2, -0.15) is 0 Å². The van der Waals surface area contributed by atoms with E-state index in [9.17, 15) is 24.6 Å². The molecule has 0 unspecified atom stereocenters. The summed E-state index contributed by atoms with van der Waals surface area (Å²) in [7, 11) is 0. The first-order valence-electron chi connectivity index (χ1n) is 12.9. The number of amides is 1. The number of ketones is 1. The van der Waals surface area contributed by atoms with E-state index in [0.29, 0.717) is 12.8 Å². The summed E-state index contributed by atoms with van der Waals surface area (Å²) >= 11 is 0. The number of carbonyl (C=O) groups is 3. The zero-order chi connectivity index (χ0) is 27.1. The minimum Gasteiger partial charge on any atom is -0.457 e. The zero-order valence-corrected chi connectivity index (χ0v) is 22.1. The Bertz CT molecular complexity index is 1170. The molecule has 37 heavy (non-hydrogen) atoms. The SMILES string of the molecule is CC(=O)O[C@@H]1C=C[C@@](C)(O)C(=O)[C@@H](C)CC=C[C@@H]2[C@@H](O)C(C)=C(C)[C@@H]3[C@@H](Cc4ccccc4)NC(=O)[C@]231. The zero-order valence-electron chi connectivity index (χ0n) is 22.1. The van der Waals surface area contributed by atoms with Gasteiger partial charge < -0.3 is 20.3 Å². The number of rotatable bonds is 3. The normalized spacial score (nSPS) is 37.9. The fraction of sp³-hybridized carbons (Fsp3) is 0.500. The quantitative estimate of drug-likeness (QED) is 0.428. The lowest BCUT2D eigenvalue weighted by atomic mass is 9.54. The maximum Gasteiger partial charge on any atom is 0.303 e. The van der Waals surface area contributed by atoms with Crippen LogP contribution in [0.4, 0.5) is 0 Å². The molecule has 7 heteroatoms. The summed E-state index contributed by atoms with van der Waals surface area (Å²) in [6, 6.07) is 9.52. The molecule has 1 saturated heterocycles. The van der Waals surface area contributed by atoms with Crippen molar-refractivity contribution in [3.8, 4) is 0 Å². The largest absolute Gasteiger partial charge is 0.457 e. The van der Waals surface area contributed by atoms with Crippen molar-refractivity contribution in [2.75, 3.05) is 0 Å². The average molecular weight is 508 g/mol. The van der Waals surface area contributed by atoms with Crippen LogP contribution in [0.5, 0.6) is 0 Å². The molecule has 198 valence electrons. The number of hydrogen-bond acceptors (Lipinski definition) is 6. The van der Waals surface area contributed by atoms with Gasteiger partial charge in [-0.1, -0.05) is 55.0 Å². The first-order valence-corrected chi connectivity index (χ1v) is 12.9. The van der Waals surface area contributed by atoms with Gasteiger partial charge in [0, 0.05) is 30.7 Å². The summed E-state index contributed by atoms with van der Waals surface area (Å²) < 4.78 is 5.82. The number of nitrogens with one attached hydrogen (secondary N) is 1. The van der Waals surface area contributed by atoms with Gasteiger partial charge in [-0.05, 0) is 56.9 Å². The smallest absolute Gasteiger partial charge is 0.303 e. The number of allylic oxidation sites excluding steroid dienone is 1. The number of esters is 1. The Hall–Kier alpha value is -3.03. The fourth-order valence-corrected chi connectivity index (χ4v) is 6.54. The van der Waals surface area contributed by atoms with Crippen molar-refractivity contribution in [2.45, 2.75) is 71.3 Å². The van der Waals surface area contributed by atoms with Gasteiger partial charge in [0.1, 0.15) is 17.1 Å². The number of carbonyl (C=O) groups excluding carboxylic acids is 3. The third-order valence-corrected chi connectivity index (χ3v) is 8.49. The molecule has 1 aromatic rings. The molecule has 3 aliphatic rings. The van der Waals surface area contributed by atoms with Gasteiger partial charge in [0.25, 0.3) is 0 Å². The fourth-order valence-electron chi connectivity index (χ4n) is 6.54.